The zero-order valence-corrected chi connectivity index (χ0v) is 38.3. The highest BCUT2D eigenvalue weighted by Gasteiger charge is 2.31. The van der Waals surface area contributed by atoms with E-state index in [2.05, 4.69) is 26.0 Å². The SMILES string of the molecule is CCCC/C=C/CCCCCCCC(=O)OCC(COCCC(C(=O)O)[N+](C)(C)C)OC(=O)CCCCCCCCCCCCCCCCCCCCCCCC. The minimum absolute atomic E-state index is 0.0496. The predicted molar refractivity (Wildman–Crippen MR) is 239 cm³/mol. The van der Waals surface area contributed by atoms with Crippen molar-refractivity contribution in [3.8, 4) is 0 Å². The van der Waals surface area contributed by atoms with E-state index in [4.69, 9.17) is 14.2 Å². The second-order valence-electron chi connectivity index (χ2n) is 17.7. The van der Waals surface area contributed by atoms with E-state index in [0.717, 1.165) is 44.9 Å². The van der Waals surface area contributed by atoms with E-state index < -0.39 is 18.1 Å². The van der Waals surface area contributed by atoms with Gasteiger partial charge in [-0.25, -0.2) is 4.79 Å². The van der Waals surface area contributed by atoms with E-state index in [-0.39, 0.29) is 36.2 Å². The molecule has 0 aliphatic carbocycles. The molecule has 0 saturated carbocycles. The lowest BCUT2D eigenvalue weighted by molar-refractivity contribution is -0.887. The molecule has 0 bridgehead atoms. The lowest BCUT2D eigenvalue weighted by atomic mass is 10.0. The third-order valence-corrected chi connectivity index (χ3v) is 11.2. The summed E-state index contributed by atoms with van der Waals surface area (Å²) in [7, 11) is 5.54. The molecule has 2 unspecified atom stereocenters. The summed E-state index contributed by atoms with van der Waals surface area (Å²) in [5, 5.41) is 9.62. The van der Waals surface area contributed by atoms with Gasteiger partial charge in [0.25, 0.3) is 0 Å². The van der Waals surface area contributed by atoms with Crippen LogP contribution < -0.4 is 0 Å². The fraction of sp³-hybridized carbons (Fsp3) is 0.898. The van der Waals surface area contributed by atoms with Crippen molar-refractivity contribution in [2.24, 2.45) is 0 Å². The molecule has 1 N–H and O–H groups in total. The molecule has 0 heterocycles. The van der Waals surface area contributed by atoms with Crippen LogP contribution in [0.1, 0.15) is 232 Å². The van der Waals surface area contributed by atoms with E-state index in [9.17, 15) is 19.5 Å². The number of carbonyl (C=O) groups excluding carboxylic acids is 2. The van der Waals surface area contributed by atoms with Crippen LogP contribution in [0, 0.1) is 0 Å². The number of carboxylic acid groups (broad SMARTS) is 1. The van der Waals surface area contributed by atoms with Gasteiger partial charge in [0.1, 0.15) is 6.61 Å². The summed E-state index contributed by atoms with van der Waals surface area (Å²) in [6.07, 6.45) is 44.1. The van der Waals surface area contributed by atoms with Crippen molar-refractivity contribution in [3.63, 3.8) is 0 Å². The summed E-state index contributed by atoms with van der Waals surface area (Å²) in [5.41, 5.74) is 0. The molecule has 2 atom stereocenters. The van der Waals surface area contributed by atoms with E-state index in [1.807, 2.05) is 21.1 Å². The van der Waals surface area contributed by atoms with Crippen LogP contribution in [0.4, 0.5) is 0 Å². The molecule has 0 saturated heterocycles. The maximum atomic E-state index is 12.8. The summed E-state index contributed by atoms with van der Waals surface area (Å²) in [5.74, 6) is -1.46. The molecular weight excluding hydrogens is 715 g/mol. The van der Waals surface area contributed by atoms with Crippen LogP contribution in [0.15, 0.2) is 12.2 Å². The Balaban J connectivity index is 4.16. The van der Waals surface area contributed by atoms with Gasteiger partial charge in [0, 0.05) is 19.3 Å². The fourth-order valence-corrected chi connectivity index (χ4v) is 7.37. The number of unbranched alkanes of at least 4 members (excludes halogenated alkanes) is 28. The quantitative estimate of drug-likeness (QED) is 0.0283. The third-order valence-electron chi connectivity index (χ3n) is 11.2. The van der Waals surface area contributed by atoms with Gasteiger partial charge in [0.15, 0.2) is 12.1 Å². The second kappa shape index (κ2) is 40.8. The first-order valence-electron chi connectivity index (χ1n) is 24.2. The molecule has 0 aliphatic rings. The number of hydrogen-bond acceptors (Lipinski definition) is 6. The number of nitrogens with zero attached hydrogens (tertiary/aromatic N) is 1. The smallest absolute Gasteiger partial charge is 0.362 e. The Hall–Kier alpha value is -1.93. The van der Waals surface area contributed by atoms with Crippen molar-refractivity contribution in [2.75, 3.05) is 41.0 Å². The average molecular weight is 809 g/mol. The first kappa shape index (κ1) is 55.1. The molecule has 0 aromatic carbocycles. The number of rotatable bonds is 44. The van der Waals surface area contributed by atoms with Crippen LogP contribution >= 0.6 is 0 Å². The number of esters is 2. The Kier molecular flexibility index (Phi) is 39.4. The van der Waals surface area contributed by atoms with Crippen molar-refractivity contribution in [1.82, 2.24) is 0 Å². The lowest BCUT2D eigenvalue weighted by Gasteiger charge is -2.31. The number of ether oxygens (including phenoxy) is 3. The average Bonchev–Trinajstić information content (AvgIpc) is 3.17. The molecule has 57 heavy (non-hydrogen) atoms. The Morgan fingerprint density at radius 2 is 0.895 bits per heavy atom. The summed E-state index contributed by atoms with van der Waals surface area (Å²) in [6.45, 7) is 4.72. The number of carboxylic acids is 1. The maximum absolute atomic E-state index is 12.8. The van der Waals surface area contributed by atoms with E-state index in [1.165, 1.54) is 154 Å². The van der Waals surface area contributed by atoms with Crippen molar-refractivity contribution < 1.29 is 38.2 Å². The third kappa shape index (κ3) is 39.3. The normalized spacial score (nSPS) is 12.9. The molecule has 0 rings (SSSR count). The van der Waals surface area contributed by atoms with Crippen LogP contribution in [0.5, 0.6) is 0 Å². The highest BCUT2D eigenvalue weighted by Crippen LogP contribution is 2.16. The van der Waals surface area contributed by atoms with Gasteiger partial charge in [-0.05, 0) is 32.1 Å². The number of quaternary nitrogens is 1. The molecular formula is C49H94NO7+. The second-order valence-corrected chi connectivity index (χ2v) is 17.7. The molecule has 0 aliphatic heterocycles. The number of aliphatic carboxylic acids is 1. The molecule has 0 radical (unpaired) electrons. The van der Waals surface area contributed by atoms with Crippen LogP contribution in [0.25, 0.3) is 0 Å². The van der Waals surface area contributed by atoms with E-state index >= 15 is 0 Å². The minimum atomic E-state index is -0.873. The molecule has 0 aromatic heterocycles. The van der Waals surface area contributed by atoms with Gasteiger partial charge < -0.3 is 23.8 Å². The van der Waals surface area contributed by atoms with Gasteiger partial charge >= 0.3 is 17.9 Å². The Bertz CT molecular complexity index is 947. The first-order valence-corrected chi connectivity index (χ1v) is 24.2. The standard InChI is InChI=1S/C49H93NO7/c1-6-8-10-12-14-16-18-19-20-21-22-23-24-25-26-27-28-30-32-34-36-38-40-48(52)57-45(43-55-42-41-46(49(53)54)50(3,4)5)44-56-47(51)39-37-35-33-31-29-17-15-13-11-9-7-2/h13,15,45-46H,6-12,14,16-44H2,1-5H3/p+1/b15-13+. The first-order chi connectivity index (χ1) is 27.6. The molecule has 0 aromatic rings. The van der Waals surface area contributed by atoms with Crippen LogP contribution in [-0.2, 0) is 28.6 Å². The molecule has 8 nitrogen and oxygen atoms in total. The van der Waals surface area contributed by atoms with Crippen LogP contribution in [0.3, 0.4) is 0 Å². The van der Waals surface area contributed by atoms with Gasteiger partial charge in [-0.1, -0.05) is 193 Å². The van der Waals surface area contributed by atoms with E-state index in [0.29, 0.717) is 19.3 Å². The largest absolute Gasteiger partial charge is 0.477 e. The number of hydrogen-bond donors (Lipinski definition) is 1. The summed E-state index contributed by atoms with van der Waals surface area (Å²) >= 11 is 0. The zero-order valence-electron chi connectivity index (χ0n) is 38.3. The Labute approximate surface area is 352 Å². The van der Waals surface area contributed by atoms with Gasteiger partial charge in [0.05, 0.1) is 34.4 Å². The van der Waals surface area contributed by atoms with Crippen molar-refractivity contribution in [2.45, 2.75) is 244 Å². The van der Waals surface area contributed by atoms with Gasteiger partial charge in [-0.2, -0.15) is 0 Å². The number of allylic oxidation sites excluding steroid dienone is 2. The predicted octanol–water partition coefficient (Wildman–Crippen LogP) is 13.5. The number of likely N-dealkylation sites (N-methyl/N-ethyl adjacent to an activating group) is 1. The number of carbonyl (C=O) groups is 3. The summed E-state index contributed by atoms with van der Waals surface area (Å²) < 4.78 is 17.3. The summed E-state index contributed by atoms with van der Waals surface area (Å²) in [4.78, 5) is 37.0. The highest BCUT2D eigenvalue weighted by atomic mass is 16.6. The van der Waals surface area contributed by atoms with Crippen molar-refractivity contribution in [3.05, 3.63) is 12.2 Å². The highest BCUT2D eigenvalue weighted by molar-refractivity contribution is 5.72. The molecule has 0 spiro atoms. The van der Waals surface area contributed by atoms with Gasteiger partial charge in [0.2, 0.25) is 0 Å². The minimum Gasteiger partial charge on any atom is -0.477 e. The molecule has 0 amide bonds. The van der Waals surface area contributed by atoms with E-state index in [1.54, 1.807) is 0 Å². The van der Waals surface area contributed by atoms with Crippen molar-refractivity contribution >= 4 is 17.9 Å². The molecule has 0 fully saturated rings. The summed E-state index contributed by atoms with van der Waals surface area (Å²) in [6, 6.07) is -0.611. The Morgan fingerprint density at radius 1 is 0.509 bits per heavy atom. The lowest BCUT2D eigenvalue weighted by Crippen LogP contribution is -2.50. The topological polar surface area (TPSA) is 99.1 Å². The molecule has 8 heteroatoms. The Morgan fingerprint density at radius 3 is 1.32 bits per heavy atom. The maximum Gasteiger partial charge on any atom is 0.362 e. The monoisotopic (exact) mass is 809 g/mol. The zero-order chi connectivity index (χ0) is 42.1. The molecule has 336 valence electrons. The van der Waals surface area contributed by atoms with Gasteiger partial charge in [-0.15, -0.1) is 0 Å². The van der Waals surface area contributed by atoms with Crippen molar-refractivity contribution in [1.29, 1.82) is 0 Å². The van der Waals surface area contributed by atoms with Gasteiger partial charge in [-0.3, -0.25) is 9.59 Å². The van der Waals surface area contributed by atoms with Crippen LogP contribution in [0.2, 0.25) is 0 Å². The van der Waals surface area contributed by atoms with Crippen LogP contribution in [-0.4, -0.2) is 80.6 Å². The fourth-order valence-electron chi connectivity index (χ4n) is 7.37.